The first-order valence-corrected chi connectivity index (χ1v) is 9.97. The van der Waals surface area contributed by atoms with Gasteiger partial charge in [-0.15, -0.1) is 0 Å². The Hall–Kier alpha value is -3.46. The Morgan fingerprint density at radius 3 is 2.71 bits per heavy atom. The van der Waals surface area contributed by atoms with E-state index in [0.29, 0.717) is 40.9 Å². The molecule has 1 aromatic carbocycles. The van der Waals surface area contributed by atoms with Gasteiger partial charge in [-0.25, -0.2) is 23.7 Å². The number of nitrogens with zero attached hydrogens (tertiary/aromatic N) is 5. The predicted molar refractivity (Wildman–Crippen MR) is 111 cm³/mol. The van der Waals surface area contributed by atoms with E-state index < -0.39 is 11.6 Å². The molecule has 0 unspecified atom stereocenters. The molecule has 1 saturated carbocycles. The topological polar surface area (TPSA) is 88.2 Å². The zero-order chi connectivity index (χ0) is 21.6. The number of halogens is 2. The Bertz CT molecular complexity index is 1280. The molecule has 158 valence electrons. The van der Waals surface area contributed by atoms with Crippen LogP contribution in [0.25, 0.3) is 28.3 Å². The number of hydrogen-bond acceptors (Lipinski definition) is 6. The maximum absolute atomic E-state index is 14.7. The van der Waals surface area contributed by atoms with Crippen LogP contribution < -0.4 is 5.32 Å². The van der Waals surface area contributed by atoms with Crippen LogP contribution in [0.15, 0.2) is 42.9 Å². The summed E-state index contributed by atoms with van der Waals surface area (Å²) in [4.78, 5) is 17.8. The van der Waals surface area contributed by atoms with Gasteiger partial charge < -0.3 is 10.4 Å². The lowest BCUT2D eigenvalue weighted by atomic mass is 10.1. The average molecular weight is 422 g/mol. The van der Waals surface area contributed by atoms with Crippen molar-refractivity contribution in [2.45, 2.75) is 19.8 Å². The number of aryl methyl sites for hydroxylation is 1. The van der Waals surface area contributed by atoms with Gasteiger partial charge in [0.25, 0.3) is 0 Å². The molecule has 31 heavy (non-hydrogen) atoms. The van der Waals surface area contributed by atoms with E-state index in [-0.39, 0.29) is 17.6 Å². The number of aromatic nitrogens is 5. The van der Waals surface area contributed by atoms with Gasteiger partial charge in [0.1, 0.15) is 17.3 Å². The van der Waals surface area contributed by atoms with Gasteiger partial charge in [0.2, 0.25) is 5.95 Å². The van der Waals surface area contributed by atoms with E-state index in [1.165, 1.54) is 12.1 Å². The lowest BCUT2D eigenvalue weighted by Crippen LogP contribution is -2.20. The van der Waals surface area contributed by atoms with Crippen molar-refractivity contribution >= 4 is 11.6 Å². The number of hydrogen-bond donors (Lipinski definition) is 2. The molecule has 4 aromatic rings. The van der Waals surface area contributed by atoms with Crippen molar-refractivity contribution in [2.75, 3.05) is 18.5 Å². The number of anilines is 1. The van der Waals surface area contributed by atoms with E-state index in [0.717, 1.165) is 18.9 Å². The minimum Gasteiger partial charge on any atom is -0.396 e. The fourth-order valence-corrected chi connectivity index (χ4v) is 3.63. The fourth-order valence-electron chi connectivity index (χ4n) is 3.63. The van der Waals surface area contributed by atoms with Gasteiger partial charge in [-0.3, -0.25) is 9.38 Å². The smallest absolute Gasteiger partial charge is 0.223 e. The molecule has 1 aliphatic rings. The van der Waals surface area contributed by atoms with Gasteiger partial charge in [0.15, 0.2) is 5.65 Å². The zero-order valence-electron chi connectivity index (χ0n) is 16.8. The highest BCUT2D eigenvalue weighted by molar-refractivity contribution is 5.81. The van der Waals surface area contributed by atoms with Crippen molar-refractivity contribution in [3.05, 3.63) is 60.2 Å². The highest BCUT2D eigenvalue weighted by Gasteiger charge is 2.41. The molecule has 0 bridgehead atoms. The summed E-state index contributed by atoms with van der Waals surface area (Å²) in [6, 6.07) is 5.13. The van der Waals surface area contributed by atoms with Crippen LogP contribution >= 0.6 is 0 Å². The van der Waals surface area contributed by atoms with E-state index in [1.54, 1.807) is 29.1 Å². The van der Waals surface area contributed by atoms with E-state index in [1.807, 2.05) is 6.92 Å². The lowest BCUT2D eigenvalue weighted by molar-refractivity contribution is 0.219. The van der Waals surface area contributed by atoms with Crippen molar-refractivity contribution in [3.8, 4) is 22.6 Å². The number of fused-ring (bicyclic) bond motifs is 1. The molecule has 0 aliphatic heterocycles. The van der Waals surface area contributed by atoms with Gasteiger partial charge >= 0.3 is 0 Å². The molecule has 1 aliphatic carbocycles. The number of rotatable bonds is 6. The van der Waals surface area contributed by atoms with Crippen LogP contribution in [-0.4, -0.2) is 42.6 Å². The Labute approximate surface area is 176 Å². The summed E-state index contributed by atoms with van der Waals surface area (Å²) in [6.45, 7) is 2.50. The van der Waals surface area contributed by atoms with Gasteiger partial charge in [0.05, 0.1) is 23.7 Å². The van der Waals surface area contributed by atoms with Crippen LogP contribution in [0, 0.1) is 24.0 Å². The van der Waals surface area contributed by atoms with E-state index in [2.05, 4.69) is 25.3 Å². The van der Waals surface area contributed by atoms with Crippen LogP contribution in [-0.2, 0) is 0 Å². The minimum atomic E-state index is -0.707. The largest absolute Gasteiger partial charge is 0.396 e. The van der Waals surface area contributed by atoms with E-state index in [9.17, 15) is 13.9 Å². The number of benzene rings is 1. The standard InChI is InChI=1S/C22H20F2N6O/c1-13-20-29-18(15-3-2-14(23)10-16(15)24)19(30(20)9-8-25-13)17-4-7-26-21(28-17)27-11-22(12-31)5-6-22/h2-4,7-10,31H,5-6,11-12H2,1H3,(H,26,27,28). The fraction of sp³-hybridized carbons (Fsp3) is 0.273. The summed E-state index contributed by atoms with van der Waals surface area (Å²) in [5.74, 6) is -0.958. The van der Waals surface area contributed by atoms with Crippen LogP contribution in [0.3, 0.4) is 0 Å². The highest BCUT2D eigenvalue weighted by Crippen LogP contribution is 2.44. The normalized spacial score (nSPS) is 14.7. The molecule has 0 spiro atoms. The van der Waals surface area contributed by atoms with E-state index >= 15 is 0 Å². The monoisotopic (exact) mass is 422 g/mol. The third kappa shape index (κ3) is 3.50. The Morgan fingerprint density at radius 2 is 1.97 bits per heavy atom. The second-order valence-corrected chi connectivity index (χ2v) is 7.92. The number of aliphatic hydroxyl groups excluding tert-OH is 1. The van der Waals surface area contributed by atoms with Crippen LogP contribution in [0.2, 0.25) is 0 Å². The number of imidazole rings is 1. The van der Waals surface area contributed by atoms with Gasteiger partial charge in [-0.1, -0.05) is 0 Å². The SMILES string of the molecule is Cc1nccn2c(-c3ccnc(NCC4(CO)CC4)n3)c(-c3ccc(F)cc3F)nc12. The van der Waals surface area contributed by atoms with Crippen LogP contribution in [0.1, 0.15) is 18.5 Å². The molecule has 3 heterocycles. The quantitative estimate of drug-likeness (QED) is 0.493. The second-order valence-electron chi connectivity index (χ2n) is 7.92. The van der Waals surface area contributed by atoms with Crippen molar-refractivity contribution in [1.29, 1.82) is 0 Å². The summed E-state index contributed by atoms with van der Waals surface area (Å²) in [5.41, 5.74) is 2.72. The number of nitrogens with one attached hydrogen (secondary N) is 1. The van der Waals surface area contributed by atoms with E-state index in [4.69, 9.17) is 0 Å². The Morgan fingerprint density at radius 1 is 1.13 bits per heavy atom. The molecule has 2 N–H and O–H groups in total. The molecule has 7 nitrogen and oxygen atoms in total. The van der Waals surface area contributed by atoms with Crippen LogP contribution in [0.5, 0.6) is 0 Å². The third-order valence-electron chi connectivity index (χ3n) is 5.72. The maximum atomic E-state index is 14.7. The molecule has 5 rings (SSSR count). The minimum absolute atomic E-state index is 0.103. The van der Waals surface area contributed by atoms with Crippen molar-refractivity contribution in [1.82, 2.24) is 24.3 Å². The molecular formula is C22H20F2N6O. The molecule has 0 amide bonds. The average Bonchev–Trinajstić information content (AvgIpc) is 3.45. The summed E-state index contributed by atoms with van der Waals surface area (Å²) in [5, 5.41) is 12.7. The van der Waals surface area contributed by atoms with Crippen molar-refractivity contribution < 1.29 is 13.9 Å². The predicted octanol–water partition coefficient (Wildman–Crippen LogP) is 3.62. The first-order valence-electron chi connectivity index (χ1n) is 9.97. The van der Waals surface area contributed by atoms with Gasteiger partial charge in [0, 0.05) is 42.2 Å². The van der Waals surface area contributed by atoms with Crippen molar-refractivity contribution in [2.24, 2.45) is 5.41 Å². The summed E-state index contributed by atoms with van der Waals surface area (Å²) < 4.78 is 30.0. The molecule has 0 saturated heterocycles. The molecule has 3 aromatic heterocycles. The van der Waals surface area contributed by atoms with Crippen molar-refractivity contribution in [3.63, 3.8) is 0 Å². The Balaban J connectivity index is 1.64. The maximum Gasteiger partial charge on any atom is 0.223 e. The zero-order valence-corrected chi connectivity index (χ0v) is 16.8. The summed E-state index contributed by atoms with van der Waals surface area (Å²) in [7, 11) is 0. The summed E-state index contributed by atoms with van der Waals surface area (Å²) in [6.07, 6.45) is 6.90. The summed E-state index contributed by atoms with van der Waals surface area (Å²) >= 11 is 0. The molecular weight excluding hydrogens is 402 g/mol. The van der Waals surface area contributed by atoms with Gasteiger partial charge in [-0.2, -0.15) is 0 Å². The Kier molecular flexibility index (Phi) is 4.62. The molecule has 9 heteroatoms. The molecule has 1 fully saturated rings. The molecule has 0 radical (unpaired) electrons. The van der Waals surface area contributed by atoms with Gasteiger partial charge in [-0.05, 0) is 38.0 Å². The molecule has 0 atom stereocenters. The number of aliphatic hydroxyl groups is 1. The second kappa shape index (κ2) is 7.35. The van der Waals surface area contributed by atoms with Crippen LogP contribution in [0.4, 0.5) is 14.7 Å². The first-order chi connectivity index (χ1) is 15.0. The lowest BCUT2D eigenvalue weighted by Gasteiger charge is -2.13. The highest BCUT2D eigenvalue weighted by atomic mass is 19.1. The third-order valence-corrected chi connectivity index (χ3v) is 5.72. The first kappa shape index (κ1) is 19.5.